The van der Waals surface area contributed by atoms with Gasteiger partial charge in [0.2, 0.25) is 0 Å². The van der Waals surface area contributed by atoms with Crippen LogP contribution in [-0.4, -0.2) is 6.04 Å². The topological polar surface area (TPSA) is 26.0 Å². The zero-order valence-corrected chi connectivity index (χ0v) is 13.3. The summed E-state index contributed by atoms with van der Waals surface area (Å²) in [5.41, 5.74) is 7.02. The van der Waals surface area contributed by atoms with Gasteiger partial charge in [-0.15, -0.1) is 0 Å². The average molecular weight is 295 g/mol. The van der Waals surface area contributed by atoms with Crippen molar-refractivity contribution in [1.82, 2.24) is 0 Å². The molecule has 0 spiro atoms. The molecular weight excluding hydrogens is 268 g/mol. The van der Waals surface area contributed by atoms with E-state index in [1.165, 1.54) is 12.8 Å². The van der Waals surface area contributed by atoms with Crippen LogP contribution in [0.2, 0.25) is 0 Å². The molecule has 0 amide bonds. The third kappa shape index (κ3) is 4.03. The summed E-state index contributed by atoms with van der Waals surface area (Å²) in [4.78, 5) is 0. The molecule has 0 aliphatic heterocycles. The van der Waals surface area contributed by atoms with Gasteiger partial charge in [0.05, 0.1) is 0 Å². The maximum Gasteiger partial charge on any atom is 0.162 e. The first-order valence-corrected chi connectivity index (χ1v) is 7.97. The van der Waals surface area contributed by atoms with Crippen LogP contribution in [0.3, 0.4) is 0 Å². The van der Waals surface area contributed by atoms with E-state index in [4.69, 9.17) is 5.73 Å². The molecule has 1 atom stereocenters. The second-order valence-corrected chi connectivity index (χ2v) is 7.56. The third-order valence-corrected chi connectivity index (χ3v) is 5.09. The molecule has 1 aromatic rings. The molecule has 3 heteroatoms. The van der Waals surface area contributed by atoms with E-state index < -0.39 is 11.6 Å². The number of hydrogen-bond acceptors (Lipinski definition) is 1. The van der Waals surface area contributed by atoms with Crippen molar-refractivity contribution in [2.45, 2.75) is 58.9 Å². The van der Waals surface area contributed by atoms with Crippen molar-refractivity contribution in [3.63, 3.8) is 0 Å². The lowest BCUT2D eigenvalue weighted by Gasteiger charge is -2.38. The van der Waals surface area contributed by atoms with Gasteiger partial charge >= 0.3 is 0 Å². The van der Waals surface area contributed by atoms with E-state index in [2.05, 4.69) is 20.8 Å². The predicted molar refractivity (Wildman–Crippen MR) is 82.9 cm³/mol. The minimum Gasteiger partial charge on any atom is -0.327 e. The summed E-state index contributed by atoms with van der Waals surface area (Å²) in [6.07, 6.45) is 5.00. The highest BCUT2D eigenvalue weighted by Crippen LogP contribution is 2.40. The van der Waals surface area contributed by atoms with Crippen LogP contribution in [0.5, 0.6) is 0 Å². The van der Waals surface area contributed by atoms with Crippen molar-refractivity contribution >= 4 is 0 Å². The highest BCUT2D eigenvalue weighted by molar-refractivity contribution is 5.20. The van der Waals surface area contributed by atoms with Crippen molar-refractivity contribution < 1.29 is 8.78 Å². The van der Waals surface area contributed by atoms with Crippen LogP contribution >= 0.6 is 0 Å². The quantitative estimate of drug-likeness (QED) is 0.860. The lowest BCUT2D eigenvalue weighted by atomic mass is 9.68. The predicted octanol–water partition coefficient (Wildman–Crippen LogP) is 4.69. The van der Waals surface area contributed by atoms with E-state index in [0.717, 1.165) is 24.8 Å². The molecule has 0 saturated heterocycles. The molecule has 2 N–H and O–H groups in total. The van der Waals surface area contributed by atoms with Gasteiger partial charge in [-0.3, -0.25) is 0 Å². The van der Waals surface area contributed by atoms with Gasteiger partial charge in [-0.2, -0.15) is 0 Å². The Morgan fingerprint density at radius 3 is 2.33 bits per heavy atom. The summed E-state index contributed by atoms with van der Waals surface area (Å²) < 4.78 is 27.0. The summed E-state index contributed by atoms with van der Waals surface area (Å²) in [6, 6.07) is 4.26. The van der Waals surface area contributed by atoms with Crippen LogP contribution in [-0.2, 0) is 6.42 Å². The van der Waals surface area contributed by atoms with Gasteiger partial charge in [-0.25, -0.2) is 8.78 Å². The van der Waals surface area contributed by atoms with Crippen LogP contribution in [0.25, 0.3) is 0 Å². The van der Waals surface area contributed by atoms with Crippen LogP contribution < -0.4 is 5.73 Å². The summed E-state index contributed by atoms with van der Waals surface area (Å²) in [6.45, 7) is 6.88. The van der Waals surface area contributed by atoms with Crippen LogP contribution in [0.15, 0.2) is 18.2 Å². The molecule has 1 fully saturated rings. The van der Waals surface area contributed by atoms with Gasteiger partial charge < -0.3 is 5.73 Å². The Labute approximate surface area is 126 Å². The van der Waals surface area contributed by atoms with Crippen molar-refractivity contribution in [3.8, 4) is 0 Å². The number of nitrogens with two attached hydrogens (primary N) is 1. The van der Waals surface area contributed by atoms with Gasteiger partial charge in [-0.1, -0.05) is 32.9 Å². The Balaban J connectivity index is 1.93. The number of hydrogen-bond donors (Lipinski definition) is 1. The molecule has 1 aliphatic carbocycles. The molecule has 1 aliphatic rings. The number of rotatable bonds is 3. The first-order valence-electron chi connectivity index (χ1n) is 7.97. The van der Waals surface area contributed by atoms with Gasteiger partial charge in [0.15, 0.2) is 11.6 Å². The molecule has 1 saturated carbocycles. The Kier molecular flexibility index (Phi) is 5.03. The molecule has 0 heterocycles. The zero-order chi connectivity index (χ0) is 15.6. The average Bonchev–Trinajstić information content (AvgIpc) is 2.43. The Bertz CT molecular complexity index is 471. The SMILES string of the molecule is CC(C)(C)C1CCC(C(N)Cc2cccc(F)c2F)CC1. The maximum absolute atomic E-state index is 13.7. The molecule has 0 aromatic heterocycles. The van der Waals surface area contributed by atoms with Gasteiger partial charge in [0.1, 0.15) is 0 Å². The highest BCUT2D eigenvalue weighted by atomic mass is 19.2. The zero-order valence-electron chi connectivity index (χ0n) is 13.3. The summed E-state index contributed by atoms with van der Waals surface area (Å²) >= 11 is 0. The van der Waals surface area contributed by atoms with Crippen LogP contribution in [0.4, 0.5) is 8.78 Å². The summed E-state index contributed by atoms with van der Waals surface area (Å²) in [5, 5.41) is 0. The molecule has 1 nitrogen and oxygen atoms in total. The van der Waals surface area contributed by atoms with E-state index in [-0.39, 0.29) is 6.04 Å². The van der Waals surface area contributed by atoms with E-state index in [9.17, 15) is 8.78 Å². The molecule has 0 radical (unpaired) electrons. The Morgan fingerprint density at radius 1 is 1.14 bits per heavy atom. The molecule has 0 bridgehead atoms. The largest absolute Gasteiger partial charge is 0.327 e. The highest BCUT2D eigenvalue weighted by Gasteiger charge is 2.32. The van der Waals surface area contributed by atoms with Crippen LogP contribution in [0, 0.1) is 28.9 Å². The van der Waals surface area contributed by atoms with Crippen molar-refractivity contribution in [1.29, 1.82) is 0 Å². The normalized spacial score (nSPS) is 24.9. The lowest BCUT2D eigenvalue weighted by Crippen LogP contribution is -2.37. The maximum atomic E-state index is 13.7. The Hall–Kier alpha value is -0.960. The molecule has 1 aromatic carbocycles. The van der Waals surface area contributed by atoms with Crippen molar-refractivity contribution in [2.75, 3.05) is 0 Å². The van der Waals surface area contributed by atoms with Gasteiger partial charge in [-0.05, 0) is 61.0 Å². The third-order valence-electron chi connectivity index (χ3n) is 5.09. The second kappa shape index (κ2) is 6.43. The summed E-state index contributed by atoms with van der Waals surface area (Å²) in [5.74, 6) is -0.356. The van der Waals surface area contributed by atoms with Gasteiger partial charge in [0.25, 0.3) is 0 Å². The van der Waals surface area contributed by atoms with E-state index in [1.807, 2.05) is 0 Å². The molecule has 2 rings (SSSR count). The fourth-order valence-corrected chi connectivity index (χ4v) is 3.54. The Morgan fingerprint density at radius 2 is 1.76 bits per heavy atom. The number of halogens is 2. The van der Waals surface area contributed by atoms with Crippen molar-refractivity contribution in [3.05, 3.63) is 35.4 Å². The fraction of sp³-hybridized carbons (Fsp3) is 0.667. The molecule has 118 valence electrons. The molecular formula is C18H27F2N. The minimum absolute atomic E-state index is 0.0813. The minimum atomic E-state index is -0.781. The smallest absolute Gasteiger partial charge is 0.162 e. The standard InChI is InChI=1S/C18H27F2N/c1-18(2,3)14-9-7-12(8-10-14)16(21)11-13-5-4-6-15(19)17(13)20/h4-6,12,14,16H,7-11,21H2,1-3H3. The first-order chi connectivity index (χ1) is 9.79. The van der Waals surface area contributed by atoms with Crippen LogP contribution in [0.1, 0.15) is 52.0 Å². The molecule has 21 heavy (non-hydrogen) atoms. The lowest BCUT2D eigenvalue weighted by molar-refractivity contribution is 0.139. The monoisotopic (exact) mass is 295 g/mol. The van der Waals surface area contributed by atoms with Gasteiger partial charge in [0, 0.05) is 6.04 Å². The van der Waals surface area contributed by atoms with E-state index in [1.54, 1.807) is 12.1 Å². The second-order valence-electron chi connectivity index (χ2n) is 7.56. The van der Waals surface area contributed by atoms with E-state index in [0.29, 0.717) is 23.3 Å². The summed E-state index contributed by atoms with van der Waals surface area (Å²) in [7, 11) is 0. The van der Waals surface area contributed by atoms with E-state index >= 15 is 0 Å². The molecule has 1 unspecified atom stereocenters. The number of benzene rings is 1. The first kappa shape index (κ1) is 16.4. The fourth-order valence-electron chi connectivity index (χ4n) is 3.54. The van der Waals surface area contributed by atoms with Crippen molar-refractivity contribution in [2.24, 2.45) is 23.0 Å².